The third kappa shape index (κ3) is 2.49. The molecule has 0 aliphatic heterocycles. The van der Waals surface area contributed by atoms with Crippen molar-refractivity contribution >= 4 is 5.69 Å². The van der Waals surface area contributed by atoms with Gasteiger partial charge >= 0.3 is 0 Å². The summed E-state index contributed by atoms with van der Waals surface area (Å²) >= 11 is 0. The van der Waals surface area contributed by atoms with Crippen LogP contribution in [0.2, 0.25) is 0 Å². The molecule has 96 valence electrons. The number of aliphatic hydroxyl groups excluding tert-OH is 1. The third-order valence-corrected chi connectivity index (χ3v) is 4.03. The normalized spacial score (nSPS) is 17.4. The molecule has 1 aliphatic carbocycles. The van der Waals surface area contributed by atoms with Crippen molar-refractivity contribution in [2.24, 2.45) is 5.41 Å². The molecule has 0 atom stereocenters. The molecule has 1 saturated carbocycles. The van der Waals surface area contributed by atoms with Crippen molar-refractivity contribution in [3.63, 3.8) is 0 Å². The molecule has 0 heterocycles. The molecule has 2 N–H and O–H groups in total. The molecular formula is C15H20N2O. The molecule has 0 radical (unpaired) electrons. The summed E-state index contributed by atoms with van der Waals surface area (Å²) in [6.45, 7) is 2.99. The van der Waals surface area contributed by atoms with Gasteiger partial charge in [-0.25, -0.2) is 0 Å². The van der Waals surface area contributed by atoms with E-state index in [1.165, 1.54) is 12.8 Å². The molecule has 18 heavy (non-hydrogen) atoms. The zero-order chi connectivity index (χ0) is 13.0. The molecule has 0 unspecified atom stereocenters. The van der Waals surface area contributed by atoms with Crippen molar-refractivity contribution in [3.8, 4) is 6.07 Å². The molecule has 1 aromatic carbocycles. The van der Waals surface area contributed by atoms with Crippen LogP contribution in [0.25, 0.3) is 0 Å². The van der Waals surface area contributed by atoms with Gasteiger partial charge in [0.05, 0.1) is 17.9 Å². The highest BCUT2D eigenvalue weighted by Crippen LogP contribution is 2.38. The van der Waals surface area contributed by atoms with Gasteiger partial charge in [0.1, 0.15) is 6.07 Å². The van der Waals surface area contributed by atoms with Crippen LogP contribution in [0.5, 0.6) is 0 Å². The number of rotatable bonds is 4. The maximum Gasteiger partial charge on any atom is 0.101 e. The van der Waals surface area contributed by atoms with Crippen LogP contribution in [-0.2, 0) is 0 Å². The Morgan fingerprint density at radius 3 is 2.72 bits per heavy atom. The van der Waals surface area contributed by atoms with E-state index in [0.29, 0.717) is 5.56 Å². The van der Waals surface area contributed by atoms with Crippen LogP contribution in [0, 0.1) is 23.7 Å². The Morgan fingerprint density at radius 2 is 2.11 bits per heavy atom. The Kier molecular flexibility index (Phi) is 3.88. The van der Waals surface area contributed by atoms with Gasteiger partial charge < -0.3 is 10.4 Å². The lowest BCUT2D eigenvalue weighted by molar-refractivity contribution is 0.142. The number of para-hydroxylation sites is 1. The van der Waals surface area contributed by atoms with E-state index in [9.17, 15) is 5.11 Å². The molecule has 1 fully saturated rings. The van der Waals surface area contributed by atoms with Crippen molar-refractivity contribution < 1.29 is 5.11 Å². The average Bonchev–Trinajstić information content (AvgIpc) is 2.86. The first-order valence-electron chi connectivity index (χ1n) is 6.55. The topological polar surface area (TPSA) is 56.0 Å². The van der Waals surface area contributed by atoms with E-state index < -0.39 is 0 Å². The number of hydrogen-bond donors (Lipinski definition) is 2. The Balaban J connectivity index is 2.13. The van der Waals surface area contributed by atoms with Crippen molar-refractivity contribution in [1.29, 1.82) is 5.26 Å². The highest BCUT2D eigenvalue weighted by atomic mass is 16.3. The van der Waals surface area contributed by atoms with Crippen molar-refractivity contribution in [3.05, 3.63) is 29.3 Å². The third-order valence-electron chi connectivity index (χ3n) is 4.03. The summed E-state index contributed by atoms with van der Waals surface area (Å²) in [5.41, 5.74) is 2.69. The molecule has 0 spiro atoms. The first kappa shape index (κ1) is 12.9. The molecule has 3 heteroatoms. The van der Waals surface area contributed by atoms with E-state index >= 15 is 0 Å². The summed E-state index contributed by atoms with van der Waals surface area (Å²) in [5.74, 6) is 0. The van der Waals surface area contributed by atoms with Crippen LogP contribution in [0.1, 0.15) is 36.8 Å². The summed E-state index contributed by atoms with van der Waals surface area (Å²) in [5, 5.41) is 22.1. The summed E-state index contributed by atoms with van der Waals surface area (Å²) in [6, 6.07) is 7.95. The number of aryl methyl sites for hydroxylation is 1. The molecule has 1 aromatic rings. The first-order valence-corrected chi connectivity index (χ1v) is 6.55. The largest absolute Gasteiger partial charge is 0.396 e. The zero-order valence-electron chi connectivity index (χ0n) is 10.9. The van der Waals surface area contributed by atoms with Gasteiger partial charge in [-0.2, -0.15) is 5.26 Å². The van der Waals surface area contributed by atoms with Gasteiger partial charge in [-0.15, -0.1) is 0 Å². The van der Waals surface area contributed by atoms with Crippen LogP contribution in [-0.4, -0.2) is 18.3 Å². The number of anilines is 1. The first-order chi connectivity index (χ1) is 8.71. The molecule has 0 amide bonds. The molecule has 0 aromatic heterocycles. The average molecular weight is 244 g/mol. The van der Waals surface area contributed by atoms with Gasteiger partial charge in [0.25, 0.3) is 0 Å². The lowest BCUT2D eigenvalue weighted by atomic mass is 9.87. The van der Waals surface area contributed by atoms with Gasteiger partial charge in [-0.3, -0.25) is 0 Å². The fourth-order valence-electron chi connectivity index (χ4n) is 2.79. The molecule has 0 saturated heterocycles. The van der Waals surface area contributed by atoms with Gasteiger partial charge in [0.15, 0.2) is 0 Å². The van der Waals surface area contributed by atoms with Crippen molar-refractivity contribution in [2.75, 3.05) is 18.5 Å². The van der Waals surface area contributed by atoms with Gasteiger partial charge in [-0.05, 0) is 31.4 Å². The Hall–Kier alpha value is -1.53. The lowest BCUT2D eigenvalue weighted by Crippen LogP contribution is -2.30. The number of nitriles is 1. The minimum atomic E-state index is 0.00894. The lowest BCUT2D eigenvalue weighted by Gasteiger charge is -2.27. The second-order valence-corrected chi connectivity index (χ2v) is 5.33. The Bertz CT molecular complexity index is 456. The maximum atomic E-state index is 9.59. The van der Waals surface area contributed by atoms with Crippen LogP contribution in [0.4, 0.5) is 5.69 Å². The fourth-order valence-corrected chi connectivity index (χ4v) is 2.79. The number of hydrogen-bond acceptors (Lipinski definition) is 3. The minimum absolute atomic E-state index is 0.00894. The predicted molar refractivity (Wildman–Crippen MR) is 72.4 cm³/mol. The number of aliphatic hydroxyl groups is 1. The minimum Gasteiger partial charge on any atom is -0.396 e. The SMILES string of the molecule is Cc1cccc(C#N)c1NCC1(CO)CCCC1. The van der Waals surface area contributed by atoms with Crippen LogP contribution < -0.4 is 5.32 Å². The smallest absolute Gasteiger partial charge is 0.101 e. The molecule has 1 aliphatic rings. The van der Waals surface area contributed by atoms with E-state index in [4.69, 9.17) is 5.26 Å². The van der Waals surface area contributed by atoms with Crippen molar-refractivity contribution in [1.82, 2.24) is 0 Å². The van der Waals surface area contributed by atoms with Crippen LogP contribution >= 0.6 is 0 Å². The van der Waals surface area contributed by atoms with Crippen molar-refractivity contribution in [2.45, 2.75) is 32.6 Å². The standard InChI is InChI=1S/C15H20N2O/c1-12-5-4-6-13(9-16)14(12)17-10-15(11-18)7-2-3-8-15/h4-6,17-18H,2-3,7-8,10-11H2,1H3. The van der Waals surface area contributed by atoms with E-state index in [2.05, 4.69) is 11.4 Å². The summed E-state index contributed by atoms with van der Waals surface area (Å²) < 4.78 is 0. The van der Waals surface area contributed by atoms with Gasteiger partial charge in [0.2, 0.25) is 0 Å². The number of nitrogens with one attached hydrogen (secondary N) is 1. The molecular weight excluding hydrogens is 224 g/mol. The second-order valence-electron chi connectivity index (χ2n) is 5.33. The summed E-state index contributed by atoms with van der Waals surface area (Å²) in [6.07, 6.45) is 4.54. The van der Waals surface area contributed by atoms with Crippen LogP contribution in [0.3, 0.4) is 0 Å². The summed E-state index contributed by atoms with van der Waals surface area (Å²) in [4.78, 5) is 0. The highest BCUT2D eigenvalue weighted by Gasteiger charge is 2.33. The monoisotopic (exact) mass is 244 g/mol. The Labute approximate surface area is 108 Å². The van der Waals surface area contributed by atoms with Crippen LogP contribution in [0.15, 0.2) is 18.2 Å². The Morgan fingerprint density at radius 1 is 1.39 bits per heavy atom. The molecule has 2 rings (SSSR count). The number of benzene rings is 1. The van der Waals surface area contributed by atoms with E-state index in [0.717, 1.165) is 30.6 Å². The predicted octanol–water partition coefficient (Wildman–Crippen LogP) is 2.83. The second kappa shape index (κ2) is 5.41. The maximum absolute atomic E-state index is 9.59. The van der Waals surface area contributed by atoms with Gasteiger partial charge in [-0.1, -0.05) is 25.0 Å². The van der Waals surface area contributed by atoms with Gasteiger partial charge in [0, 0.05) is 12.0 Å². The fraction of sp³-hybridized carbons (Fsp3) is 0.533. The molecule has 0 bridgehead atoms. The zero-order valence-corrected chi connectivity index (χ0v) is 10.9. The van der Waals surface area contributed by atoms with E-state index in [1.54, 1.807) is 0 Å². The van der Waals surface area contributed by atoms with E-state index in [-0.39, 0.29) is 12.0 Å². The van der Waals surface area contributed by atoms with E-state index in [1.807, 2.05) is 25.1 Å². The molecule has 3 nitrogen and oxygen atoms in total. The quantitative estimate of drug-likeness (QED) is 0.856. The summed E-state index contributed by atoms with van der Waals surface area (Å²) in [7, 11) is 0. The highest BCUT2D eigenvalue weighted by molar-refractivity contribution is 5.62. The number of nitrogens with zero attached hydrogens (tertiary/aromatic N) is 1.